The molecule has 1 aliphatic heterocycles. The molecule has 10 heteroatoms. The summed E-state index contributed by atoms with van der Waals surface area (Å²) in [7, 11) is -1.83. The summed E-state index contributed by atoms with van der Waals surface area (Å²) in [6.45, 7) is 0. The number of hydrogen-bond acceptors (Lipinski definition) is 6. The van der Waals surface area contributed by atoms with Gasteiger partial charge in [0, 0.05) is 12.3 Å². The van der Waals surface area contributed by atoms with E-state index >= 15 is 0 Å². The van der Waals surface area contributed by atoms with E-state index in [1.807, 2.05) is 4.98 Å². The number of aromatic nitrogens is 2. The smallest absolute Gasteiger partial charge is 0.845 e. The Labute approximate surface area is 161 Å². The van der Waals surface area contributed by atoms with Gasteiger partial charge >= 0.3 is 65.6 Å². The van der Waals surface area contributed by atoms with Crippen molar-refractivity contribution in [1.82, 2.24) is 9.55 Å². The van der Waals surface area contributed by atoms with Crippen LogP contribution >= 0.6 is 8.53 Å². The minimum absolute atomic E-state index is 0. The molecule has 0 amide bonds. The first-order valence-electron chi connectivity index (χ1n) is 5.46. The molecule has 0 radical (unpaired) electrons. The molecule has 1 N–H and O–H groups in total. The van der Waals surface area contributed by atoms with Crippen LogP contribution in [0.4, 0.5) is 0 Å². The average Bonchev–Trinajstić information content (AvgIpc) is 2.80. The molecule has 1 aliphatic rings. The SMILES string of the molecule is O=c1ccn(/C([O-])=N\P2Oc3ccccc3O2)c(=O)[nH]1.[K+]. The number of nitrogens with one attached hydrogen (secondary N) is 1. The molecule has 1 aromatic heterocycles. The quantitative estimate of drug-likeness (QED) is 0.256. The van der Waals surface area contributed by atoms with Gasteiger partial charge in [0.1, 0.15) is 0 Å². The molecule has 2 aromatic rings. The normalized spacial score (nSPS) is 13.8. The average molecular weight is 331 g/mol. The molecule has 0 spiro atoms. The summed E-state index contributed by atoms with van der Waals surface area (Å²) in [5.74, 6) is 0.980. The van der Waals surface area contributed by atoms with E-state index in [2.05, 4.69) is 4.76 Å². The van der Waals surface area contributed by atoms with Gasteiger partial charge in [0.15, 0.2) is 11.5 Å². The second-order valence-electron chi connectivity index (χ2n) is 3.73. The van der Waals surface area contributed by atoms with Crippen LogP contribution in [0.1, 0.15) is 0 Å². The van der Waals surface area contributed by atoms with Gasteiger partial charge in [-0.25, -0.2) is 4.79 Å². The van der Waals surface area contributed by atoms with Crippen molar-refractivity contribution in [3.8, 4) is 11.5 Å². The molecule has 0 saturated heterocycles. The van der Waals surface area contributed by atoms with Gasteiger partial charge in [0.2, 0.25) is 0 Å². The van der Waals surface area contributed by atoms with Crippen molar-refractivity contribution in [3.63, 3.8) is 0 Å². The summed E-state index contributed by atoms with van der Waals surface area (Å²) in [5, 5.41) is 11.8. The molecule has 0 atom stereocenters. The van der Waals surface area contributed by atoms with Crippen molar-refractivity contribution in [2.75, 3.05) is 0 Å². The van der Waals surface area contributed by atoms with Crippen LogP contribution in [0.15, 0.2) is 50.9 Å². The number of hydrogen-bond donors (Lipinski definition) is 1. The maximum atomic E-state index is 11.8. The van der Waals surface area contributed by atoms with Crippen molar-refractivity contribution in [2.24, 2.45) is 4.76 Å². The summed E-state index contributed by atoms with van der Waals surface area (Å²) in [4.78, 5) is 24.3. The Morgan fingerprint density at radius 3 is 2.38 bits per heavy atom. The minimum Gasteiger partial charge on any atom is -0.845 e. The summed E-state index contributed by atoms with van der Waals surface area (Å²) in [6.07, 6.45) is 1.05. The van der Waals surface area contributed by atoms with Crippen molar-refractivity contribution >= 4 is 14.5 Å². The second-order valence-corrected chi connectivity index (χ2v) is 4.77. The van der Waals surface area contributed by atoms with Crippen LogP contribution in [-0.2, 0) is 0 Å². The maximum Gasteiger partial charge on any atom is 1.00 e. The largest absolute Gasteiger partial charge is 1.00 e. The van der Waals surface area contributed by atoms with E-state index in [-0.39, 0.29) is 51.4 Å². The van der Waals surface area contributed by atoms with E-state index in [1.165, 1.54) is 0 Å². The summed E-state index contributed by atoms with van der Waals surface area (Å²) in [5.41, 5.74) is -1.46. The minimum atomic E-state index is -1.83. The molecule has 0 unspecified atom stereocenters. The summed E-state index contributed by atoms with van der Waals surface area (Å²) < 4.78 is 15.0. The fourth-order valence-electron chi connectivity index (χ4n) is 1.51. The van der Waals surface area contributed by atoms with Crippen molar-refractivity contribution < 1.29 is 65.5 Å². The third-order valence-electron chi connectivity index (χ3n) is 2.40. The van der Waals surface area contributed by atoms with Crippen molar-refractivity contribution in [2.45, 2.75) is 0 Å². The second kappa shape index (κ2) is 6.86. The van der Waals surface area contributed by atoms with Gasteiger partial charge in [-0.3, -0.25) is 14.3 Å². The number of H-pyrrole nitrogens is 1. The number of rotatable bonds is 1. The van der Waals surface area contributed by atoms with Gasteiger partial charge in [-0.2, -0.15) is 4.76 Å². The number of nitrogens with zero attached hydrogens (tertiary/aromatic N) is 2. The Hall–Kier alpha value is -0.964. The van der Waals surface area contributed by atoms with E-state index < -0.39 is 25.8 Å². The Morgan fingerprint density at radius 1 is 1.19 bits per heavy atom. The number of benzene rings is 1. The van der Waals surface area contributed by atoms with E-state index in [0.29, 0.717) is 16.1 Å². The fourth-order valence-corrected chi connectivity index (χ4v) is 2.51. The third kappa shape index (κ3) is 3.63. The molecule has 21 heavy (non-hydrogen) atoms. The van der Waals surface area contributed by atoms with Crippen molar-refractivity contribution in [1.29, 1.82) is 0 Å². The number of fused-ring (bicyclic) bond motifs is 1. The Bertz CT molecular complexity index is 778. The zero-order valence-corrected chi connectivity index (χ0v) is 14.9. The van der Waals surface area contributed by atoms with Crippen molar-refractivity contribution in [3.05, 3.63) is 57.4 Å². The number of para-hydroxylation sites is 2. The van der Waals surface area contributed by atoms with E-state index in [1.54, 1.807) is 24.3 Å². The van der Waals surface area contributed by atoms with E-state index in [4.69, 9.17) is 9.05 Å². The van der Waals surface area contributed by atoms with Crippen LogP contribution in [0.3, 0.4) is 0 Å². The third-order valence-corrected chi connectivity index (χ3v) is 3.44. The first kappa shape index (κ1) is 16.4. The van der Waals surface area contributed by atoms with Crippen LogP contribution in [0, 0.1) is 0 Å². The first-order valence-corrected chi connectivity index (χ1v) is 6.59. The summed E-state index contributed by atoms with van der Waals surface area (Å²) in [6, 6.07) is 7.07. The van der Waals surface area contributed by atoms with Crippen LogP contribution < -0.4 is 76.8 Å². The van der Waals surface area contributed by atoms with Gasteiger partial charge in [0.05, 0.1) is 6.02 Å². The Balaban J connectivity index is 0.00000161. The molecule has 8 nitrogen and oxygen atoms in total. The summed E-state index contributed by atoms with van der Waals surface area (Å²) >= 11 is 0. The van der Waals surface area contributed by atoms with Gasteiger partial charge in [-0.1, -0.05) is 12.1 Å². The molecule has 1 aromatic carbocycles. The van der Waals surface area contributed by atoms with Gasteiger partial charge in [0.25, 0.3) is 5.56 Å². The first-order chi connectivity index (χ1) is 9.63. The Kier molecular flexibility index (Phi) is 5.36. The molecule has 3 rings (SSSR count). The molecule has 0 bridgehead atoms. The van der Waals surface area contributed by atoms with Crippen LogP contribution in [0.2, 0.25) is 0 Å². The molecule has 2 heterocycles. The zero-order valence-electron chi connectivity index (χ0n) is 10.8. The monoisotopic (exact) mass is 331 g/mol. The van der Waals surface area contributed by atoms with Crippen LogP contribution in [0.5, 0.6) is 11.5 Å². The van der Waals surface area contributed by atoms with Gasteiger partial charge in [-0.15, -0.1) is 0 Å². The molecular weight excluding hydrogens is 324 g/mol. The molecule has 0 saturated carbocycles. The fraction of sp³-hybridized carbons (Fsp3) is 0. The zero-order chi connectivity index (χ0) is 14.1. The molecular formula is C11H7KN3O5P. The standard InChI is InChI=1S/C11H8N3O5P.K/c15-9-5-6-14(10(16)12-9)11(17)13-20-18-7-3-1-2-4-8(7)19-20;/h1-6H,(H,13,17)(H,12,15,16);/q;+1/p-1. The Morgan fingerprint density at radius 2 is 1.81 bits per heavy atom. The molecule has 102 valence electrons. The van der Waals surface area contributed by atoms with Gasteiger partial charge < -0.3 is 14.2 Å². The number of aromatic amines is 1. The topological polar surface area (TPSA) is 109 Å². The maximum absolute atomic E-state index is 11.8. The van der Waals surface area contributed by atoms with Crippen LogP contribution in [-0.4, -0.2) is 15.6 Å². The molecule has 0 aliphatic carbocycles. The van der Waals surface area contributed by atoms with Crippen LogP contribution in [0.25, 0.3) is 0 Å². The predicted octanol–water partition coefficient (Wildman–Crippen LogP) is -3.20. The molecule has 0 fully saturated rings. The van der Waals surface area contributed by atoms with Gasteiger partial charge in [-0.05, 0) is 12.1 Å². The predicted molar refractivity (Wildman–Crippen MR) is 68.8 cm³/mol. The van der Waals surface area contributed by atoms with E-state index in [9.17, 15) is 14.7 Å². The van der Waals surface area contributed by atoms with E-state index in [0.717, 1.165) is 12.3 Å².